The Morgan fingerprint density at radius 2 is 2.05 bits per heavy atom. The zero-order valence-electron chi connectivity index (χ0n) is 9.72. The number of nitriles is 1. The molecule has 1 aromatic heterocycles. The maximum atomic E-state index is 11.8. The number of nitrogens with one attached hydrogen (secondary N) is 2. The van der Waals surface area contributed by atoms with Gasteiger partial charge in [0.2, 0.25) is 5.43 Å². The number of carbonyl (C=O) groups is 1. The van der Waals surface area contributed by atoms with Gasteiger partial charge in [-0.05, 0) is 12.8 Å². The highest BCUT2D eigenvalue weighted by Gasteiger charge is 2.29. The number of aromatic nitrogens is 1. The molecule has 2 N–H and O–H groups in total. The summed E-state index contributed by atoms with van der Waals surface area (Å²) in [5, 5.41) is 10.7. The van der Waals surface area contributed by atoms with Crippen molar-refractivity contribution in [1.82, 2.24) is 4.98 Å². The fourth-order valence-electron chi connectivity index (χ4n) is 1.56. The van der Waals surface area contributed by atoms with Crippen LogP contribution in [0.25, 0.3) is 0 Å². The fraction of sp³-hybridized carbons (Fsp3) is 0.250. The monoisotopic (exact) mass is 297 g/mol. The molecule has 1 fully saturated rings. The molecular formula is C12H9Cl2N3O2. The quantitative estimate of drug-likeness (QED) is 0.664. The van der Waals surface area contributed by atoms with Crippen molar-refractivity contribution in [3.8, 4) is 6.07 Å². The van der Waals surface area contributed by atoms with E-state index in [2.05, 4.69) is 16.9 Å². The molecule has 0 unspecified atom stereocenters. The lowest BCUT2D eigenvalue weighted by Crippen LogP contribution is -2.18. The van der Waals surface area contributed by atoms with Crippen molar-refractivity contribution in [2.45, 2.75) is 18.8 Å². The smallest absolute Gasteiger partial charge is 0.266 e. The molecule has 1 aliphatic rings. The second-order valence-corrected chi connectivity index (χ2v) is 4.95. The number of halogens is 2. The number of amides is 1. The van der Waals surface area contributed by atoms with Crippen LogP contribution in [0.2, 0.25) is 10.0 Å². The van der Waals surface area contributed by atoms with Crippen LogP contribution in [0.15, 0.2) is 16.9 Å². The number of pyridine rings is 1. The average Bonchev–Trinajstić information content (AvgIpc) is 3.22. The average molecular weight is 298 g/mol. The minimum Gasteiger partial charge on any atom is -0.342 e. The molecule has 1 heterocycles. The van der Waals surface area contributed by atoms with E-state index in [1.54, 1.807) is 6.07 Å². The van der Waals surface area contributed by atoms with Crippen LogP contribution >= 0.6 is 23.2 Å². The normalized spacial score (nSPS) is 13.7. The second-order valence-electron chi connectivity index (χ2n) is 4.19. The summed E-state index contributed by atoms with van der Waals surface area (Å²) < 4.78 is 0. The number of hydrogen-bond acceptors (Lipinski definition) is 3. The van der Waals surface area contributed by atoms with Gasteiger partial charge in [-0.2, -0.15) is 5.26 Å². The minimum atomic E-state index is -0.718. The van der Waals surface area contributed by atoms with Crippen molar-refractivity contribution in [3.63, 3.8) is 0 Å². The molecule has 0 bridgehead atoms. The minimum absolute atomic E-state index is 0.0411. The Hall–Kier alpha value is -1.77. The van der Waals surface area contributed by atoms with Crippen molar-refractivity contribution in [2.24, 2.45) is 0 Å². The third kappa shape index (κ3) is 2.65. The van der Waals surface area contributed by atoms with Gasteiger partial charge >= 0.3 is 0 Å². The molecule has 0 aliphatic heterocycles. The maximum Gasteiger partial charge on any atom is 0.266 e. The Kier molecular flexibility index (Phi) is 3.65. The lowest BCUT2D eigenvalue weighted by Gasteiger charge is -2.10. The molecule has 1 aliphatic carbocycles. The van der Waals surface area contributed by atoms with Crippen LogP contribution in [-0.4, -0.2) is 10.9 Å². The lowest BCUT2D eigenvalue weighted by atomic mass is 10.2. The van der Waals surface area contributed by atoms with Crippen LogP contribution < -0.4 is 10.7 Å². The van der Waals surface area contributed by atoms with Crippen molar-refractivity contribution >= 4 is 34.9 Å². The zero-order chi connectivity index (χ0) is 14.2. The van der Waals surface area contributed by atoms with E-state index >= 15 is 0 Å². The van der Waals surface area contributed by atoms with E-state index in [1.165, 1.54) is 0 Å². The number of anilines is 1. The third-order valence-electron chi connectivity index (χ3n) is 2.75. The van der Waals surface area contributed by atoms with Crippen LogP contribution in [0.4, 0.5) is 5.82 Å². The summed E-state index contributed by atoms with van der Waals surface area (Å²) in [6.45, 7) is 3.27. The Morgan fingerprint density at radius 3 is 2.58 bits per heavy atom. The molecular weight excluding hydrogens is 289 g/mol. The second kappa shape index (κ2) is 5.08. The van der Waals surface area contributed by atoms with Crippen LogP contribution in [0.5, 0.6) is 0 Å². The maximum absolute atomic E-state index is 11.8. The van der Waals surface area contributed by atoms with Crippen molar-refractivity contribution in [3.05, 3.63) is 38.1 Å². The van der Waals surface area contributed by atoms with Gasteiger partial charge in [-0.3, -0.25) is 9.59 Å². The topological polar surface area (TPSA) is 85.8 Å². The molecule has 0 radical (unpaired) electrons. The summed E-state index contributed by atoms with van der Waals surface area (Å²) in [5.74, 6) is -0.490. The first-order valence-electron chi connectivity index (χ1n) is 5.47. The van der Waals surface area contributed by atoms with Crippen LogP contribution in [-0.2, 0) is 4.79 Å². The predicted molar refractivity (Wildman–Crippen MR) is 72.4 cm³/mol. The third-order valence-corrected chi connectivity index (χ3v) is 3.48. The van der Waals surface area contributed by atoms with E-state index < -0.39 is 11.3 Å². The number of nitrogens with zero attached hydrogens (tertiary/aromatic N) is 1. The van der Waals surface area contributed by atoms with Crippen molar-refractivity contribution in [2.75, 3.05) is 5.32 Å². The van der Waals surface area contributed by atoms with Gasteiger partial charge in [-0.15, -0.1) is 0 Å². The first-order chi connectivity index (χ1) is 8.95. The molecule has 0 aromatic carbocycles. The highest BCUT2D eigenvalue weighted by molar-refractivity contribution is 6.36. The van der Waals surface area contributed by atoms with E-state index in [-0.39, 0.29) is 27.4 Å². The summed E-state index contributed by atoms with van der Waals surface area (Å²) in [7, 11) is 0. The van der Waals surface area contributed by atoms with E-state index in [0.29, 0.717) is 5.69 Å². The molecule has 5 nitrogen and oxygen atoms in total. The summed E-state index contributed by atoms with van der Waals surface area (Å²) >= 11 is 11.8. The van der Waals surface area contributed by atoms with E-state index in [1.807, 2.05) is 0 Å². The van der Waals surface area contributed by atoms with Gasteiger partial charge in [0.1, 0.15) is 27.5 Å². The van der Waals surface area contributed by atoms with Crippen LogP contribution in [0, 0.1) is 11.3 Å². The van der Waals surface area contributed by atoms with Gasteiger partial charge in [0.15, 0.2) is 0 Å². The molecule has 0 saturated heterocycles. The Morgan fingerprint density at radius 1 is 1.42 bits per heavy atom. The Balaban J connectivity index is 2.41. The molecule has 98 valence electrons. The molecule has 19 heavy (non-hydrogen) atoms. The number of aromatic amines is 1. The molecule has 2 rings (SSSR count). The van der Waals surface area contributed by atoms with Crippen molar-refractivity contribution in [1.29, 1.82) is 5.26 Å². The summed E-state index contributed by atoms with van der Waals surface area (Å²) in [4.78, 5) is 26.2. The molecule has 1 amide bonds. The van der Waals surface area contributed by atoms with Crippen LogP contribution in [0.1, 0.15) is 24.5 Å². The zero-order valence-corrected chi connectivity index (χ0v) is 11.2. The van der Waals surface area contributed by atoms with E-state index in [9.17, 15) is 9.59 Å². The van der Waals surface area contributed by atoms with Crippen LogP contribution in [0.3, 0.4) is 0 Å². The van der Waals surface area contributed by atoms with Crippen molar-refractivity contribution < 1.29 is 4.79 Å². The van der Waals surface area contributed by atoms with Gasteiger partial charge < -0.3 is 10.3 Å². The highest BCUT2D eigenvalue weighted by Crippen LogP contribution is 2.42. The van der Waals surface area contributed by atoms with Gasteiger partial charge in [0.25, 0.3) is 5.91 Å². The summed E-state index contributed by atoms with van der Waals surface area (Å²) in [6, 6.07) is 1.61. The molecule has 0 atom stereocenters. The van der Waals surface area contributed by atoms with Gasteiger partial charge in [0.05, 0.1) is 0 Å². The number of rotatable bonds is 3. The highest BCUT2D eigenvalue weighted by atomic mass is 35.5. The first-order valence-corrected chi connectivity index (χ1v) is 6.22. The molecule has 0 spiro atoms. The Labute approximate surface area is 118 Å². The molecule has 1 saturated carbocycles. The number of carbonyl (C=O) groups excluding carboxylic acids is 1. The van der Waals surface area contributed by atoms with Gasteiger partial charge in [-0.25, -0.2) is 0 Å². The lowest BCUT2D eigenvalue weighted by molar-refractivity contribution is -0.112. The number of hydrogen-bond donors (Lipinski definition) is 2. The number of H-pyrrole nitrogens is 1. The largest absolute Gasteiger partial charge is 0.342 e. The van der Waals surface area contributed by atoms with Gasteiger partial charge in [-0.1, -0.05) is 29.8 Å². The Bertz CT molecular complexity index is 669. The van der Waals surface area contributed by atoms with E-state index in [0.717, 1.165) is 12.8 Å². The molecule has 1 aromatic rings. The molecule has 7 heteroatoms. The summed E-state index contributed by atoms with van der Waals surface area (Å²) in [6.07, 6.45) is 1.85. The van der Waals surface area contributed by atoms with Gasteiger partial charge in [0, 0.05) is 11.6 Å². The SMILES string of the molecule is C=C(C#N)C(=O)Nc1[nH]c(C2CC2)c(Cl)c(=O)c1Cl. The first kappa shape index (κ1) is 13.7. The fourth-order valence-corrected chi connectivity index (χ4v) is 2.09. The summed E-state index contributed by atoms with van der Waals surface area (Å²) in [5.41, 5.74) is -0.254. The predicted octanol–water partition coefficient (Wildman–Crippen LogP) is 2.58. The standard InChI is InChI=1S/C12H9Cl2N3O2/c1-5(4-15)12(19)17-11-8(14)10(18)7(13)9(16-11)6-2-3-6/h6H,1-3H2,(H2,16,17,18,19). The van der Waals surface area contributed by atoms with E-state index in [4.69, 9.17) is 28.5 Å².